The predicted octanol–water partition coefficient (Wildman–Crippen LogP) is 2.03. The van der Waals surface area contributed by atoms with Crippen LogP contribution in [0.5, 0.6) is 0 Å². The molecule has 19 heavy (non-hydrogen) atoms. The van der Waals surface area contributed by atoms with Crippen molar-refractivity contribution in [1.82, 2.24) is 10.5 Å². The molecule has 1 aromatic heterocycles. The molecular weight excluding hydrogens is 242 g/mol. The van der Waals surface area contributed by atoms with Gasteiger partial charge >= 0.3 is 0 Å². The van der Waals surface area contributed by atoms with Crippen LogP contribution in [-0.2, 0) is 11.2 Å². The van der Waals surface area contributed by atoms with E-state index >= 15 is 0 Å². The topological polar surface area (TPSA) is 78.9 Å². The van der Waals surface area contributed by atoms with E-state index < -0.39 is 6.04 Å². The molecule has 0 aliphatic rings. The molecule has 0 spiro atoms. The maximum absolute atomic E-state index is 11.9. The van der Waals surface area contributed by atoms with E-state index in [1.54, 1.807) is 6.07 Å². The molecule has 1 atom stereocenters. The summed E-state index contributed by atoms with van der Waals surface area (Å²) >= 11 is 0. The zero-order valence-electron chi connectivity index (χ0n) is 10.9. The highest BCUT2D eigenvalue weighted by molar-refractivity contribution is 5.86. The van der Waals surface area contributed by atoms with Crippen LogP contribution in [0.15, 0.2) is 28.8 Å². The van der Waals surface area contributed by atoms with Gasteiger partial charge in [0.25, 0.3) is 0 Å². The number of benzene rings is 1. The van der Waals surface area contributed by atoms with Crippen molar-refractivity contribution < 1.29 is 9.32 Å². The van der Waals surface area contributed by atoms with Gasteiger partial charge in [-0.25, -0.2) is 0 Å². The minimum atomic E-state index is -0.481. The van der Waals surface area contributed by atoms with Gasteiger partial charge in [-0.2, -0.15) is 5.26 Å². The van der Waals surface area contributed by atoms with Crippen LogP contribution in [0.25, 0.3) is 11.0 Å². The smallest absolute Gasteiger partial charge is 0.227 e. The van der Waals surface area contributed by atoms with Gasteiger partial charge in [-0.1, -0.05) is 31.1 Å². The van der Waals surface area contributed by atoms with Gasteiger partial charge in [0, 0.05) is 5.39 Å². The molecular formula is C14H15N3O2. The summed E-state index contributed by atoms with van der Waals surface area (Å²) in [7, 11) is 0. The zero-order valence-corrected chi connectivity index (χ0v) is 10.9. The number of hydrogen-bond donors (Lipinski definition) is 1. The van der Waals surface area contributed by atoms with Crippen LogP contribution in [-0.4, -0.2) is 17.1 Å². The molecule has 0 saturated carbocycles. The molecule has 0 fully saturated rings. The standard InChI is InChI=1S/C14H15N3O2/c1-9(2)12(8-15)16-14(18)7-11-10-5-3-4-6-13(10)19-17-11/h3-6,9,12H,7H2,1-2H3,(H,16,18). The van der Waals surface area contributed by atoms with Crippen LogP contribution in [0.3, 0.4) is 0 Å². The molecule has 0 aliphatic heterocycles. The van der Waals surface area contributed by atoms with Crippen molar-refractivity contribution in [2.75, 3.05) is 0 Å². The average Bonchev–Trinajstić information content (AvgIpc) is 2.79. The van der Waals surface area contributed by atoms with E-state index in [4.69, 9.17) is 9.78 Å². The average molecular weight is 257 g/mol. The minimum absolute atomic E-state index is 0.0722. The van der Waals surface area contributed by atoms with Crippen LogP contribution in [0.1, 0.15) is 19.5 Å². The summed E-state index contributed by atoms with van der Waals surface area (Å²) in [6, 6.07) is 8.97. The first kappa shape index (κ1) is 13.1. The molecule has 0 bridgehead atoms. The molecule has 2 rings (SSSR count). The summed E-state index contributed by atoms with van der Waals surface area (Å²) in [5, 5.41) is 16.4. The Morgan fingerprint density at radius 2 is 2.21 bits per heavy atom. The van der Waals surface area contributed by atoms with Gasteiger partial charge in [-0.05, 0) is 18.1 Å². The van der Waals surface area contributed by atoms with Crippen LogP contribution >= 0.6 is 0 Å². The lowest BCUT2D eigenvalue weighted by atomic mass is 10.1. The summed E-state index contributed by atoms with van der Waals surface area (Å²) in [5.41, 5.74) is 1.25. The van der Waals surface area contributed by atoms with Gasteiger partial charge < -0.3 is 9.84 Å². The van der Waals surface area contributed by atoms with E-state index in [0.717, 1.165) is 5.39 Å². The quantitative estimate of drug-likeness (QED) is 0.909. The van der Waals surface area contributed by atoms with E-state index in [1.165, 1.54) is 0 Å². The number of nitriles is 1. The van der Waals surface area contributed by atoms with Crippen molar-refractivity contribution >= 4 is 16.9 Å². The Labute approximate surface area is 111 Å². The van der Waals surface area contributed by atoms with E-state index in [-0.39, 0.29) is 18.2 Å². The van der Waals surface area contributed by atoms with Gasteiger partial charge in [0.15, 0.2) is 5.58 Å². The molecule has 2 aromatic rings. The number of hydrogen-bond acceptors (Lipinski definition) is 4. The summed E-state index contributed by atoms with van der Waals surface area (Å²) in [5.74, 6) is -0.151. The van der Waals surface area contributed by atoms with Crippen LogP contribution in [0.4, 0.5) is 0 Å². The third kappa shape index (κ3) is 2.91. The highest BCUT2D eigenvalue weighted by atomic mass is 16.5. The van der Waals surface area contributed by atoms with Crippen molar-refractivity contribution in [3.05, 3.63) is 30.0 Å². The van der Waals surface area contributed by atoms with E-state index in [9.17, 15) is 4.79 Å². The van der Waals surface area contributed by atoms with Gasteiger partial charge in [0.2, 0.25) is 5.91 Å². The highest BCUT2D eigenvalue weighted by Crippen LogP contribution is 2.18. The van der Waals surface area contributed by atoms with Gasteiger partial charge in [-0.3, -0.25) is 4.79 Å². The number of carbonyl (C=O) groups excluding carboxylic acids is 1. The fourth-order valence-corrected chi connectivity index (χ4v) is 1.79. The van der Waals surface area contributed by atoms with Crippen molar-refractivity contribution in [2.24, 2.45) is 5.92 Å². The summed E-state index contributed by atoms with van der Waals surface area (Å²) < 4.78 is 5.13. The van der Waals surface area contributed by atoms with Crippen molar-refractivity contribution in [3.63, 3.8) is 0 Å². The molecule has 1 N–H and O–H groups in total. The molecule has 1 unspecified atom stereocenters. The number of carbonyl (C=O) groups is 1. The van der Waals surface area contributed by atoms with Crippen molar-refractivity contribution in [3.8, 4) is 6.07 Å². The molecule has 1 aromatic carbocycles. The number of nitrogens with one attached hydrogen (secondary N) is 1. The number of para-hydroxylation sites is 1. The first-order valence-electron chi connectivity index (χ1n) is 6.14. The Bertz CT molecular complexity index is 625. The lowest BCUT2D eigenvalue weighted by molar-refractivity contribution is -0.121. The van der Waals surface area contributed by atoms with Gasteiger partial charge in [0.1, 0.15) is 11.7 Å². The van der Waals surface area contributed by atoms with Gasteiger partial charge in [-0.15, -0.1) is 0 Å². The molecule has 1 amide bonds. The van der Waals surface area contributed by atoms with Crippen LogP contribution < -0.4 is 5.32 Å². The number of nitrogens with zero attached hydrogens (tertiary/aromatic N) is 2. The lowest BCUT2D eigenvalue weighted by Gasteiger charge is -2.14. The second kappa shape index (κ2) is 5.53. The summed E-state index contributed by atoms with van der Waals surface area (Å²) in [6.45, 7) is 3.78. The Hall–Kier alpha value is -2.35. The number of aromatic nitrogens is 1. The van der Waals surface area contributed by atoms with Crippen molar-refractivity contribution in [1.29, 1.82) is 5.26 Å². The zero-order chi connectivity index (χ0) is 13.8. The van der Waals surface area contributed by atoms with E-state index in [2.05, 4.69) is 16.5 Å². The monoisotopic (exact) mass is 257 g/mol. The molecule has 98 valence electrons. The normalized spacial score (nSPS) is 12.3. The fourth-order valence-electron chi connectivity index (χ4n) is 1.79. The molecule has 0 aliphatic carbocycles. The summed E-state index contributed by atoms with van der Waals surface area (Å²) in [4.78, 5) is 11.9. The number of rotatable bonds is 4. The third-order valence-electron chi connectivity index (χ3n) is 2.90. The fraction of sp³-hybridized carbons (Fsp3) is 0.357. The number of fused-ring (bicyclic) bond motifs is 1. The number of amides is 1. The molecule has 0 radical (unpaired) electrons. The van der Waals surface area contributed by atoms with E-state index in [0.29, 0.717) is 11.3 Å². The van der Waals surface area contributed by atoms with Gasteiger partial charge in [0.05, 0.1) is 12.5 Å². The predicted molar refractivity (Wildman–Crippen MR) is 70.1 cm³/mol. The molecule has 1 heterocycles. The molecule has 5 nitrogen and oxygen atoms in total. The Balaban J connectivity index is 2.09. The van der Waals surface area contributed by atoms with Crippen LogP contribution in [0, 0.1) is 17.2 Å². The molecule has 5 heteroatoms. The maximum atomic E-state index is 11.9. The minimum Gasteiger partial charge on any atom is -0.356 e. The molecule has 0 saturated heterocycles. The lowest BCUT2D eigenvalue weighted by Crippen LogP contribution is -2.38. The first-order valence-corrected chi connectivity index (χ1v) is 6.14. The maximum Gasteiger partial charge on any atom is 0.227 e. The summed E-state index contributed by atoms with van der Waals surface area (Å²) in [6.07, 6.45) is 0.113. The Morgan fingerprint density at radius 1 is 1.47 bits per heavy atom. The second-order valence-electron chi connectivity index (χ2n) is 4.72. The Morgan fingerprint density at radius 3 is 2.89 bits per heavy atom. The van der Waals surface area contributed by atoms with Crippen LogP contribution in [0.2, 0.25) is 0 Å². The van der Waals surface area contributed by atoms with E-state index in [1.807, 2.05) is 32.0 Å². The first-order chi connectivity index (χ1) is 9.11. The van der Waals surface area contributed by atoms with Crippen molar-refractivity contribution in [2.45, 2.75) is 26.3 Å². The second-order valence-corrected chi connectivity index (χ2v) is 4.72. The third-order valence-corrected chi connectivity index (χ3v) is 2.90. The largest absolute Gasteiger partial charge is 0.356 e. The highest BCUT2D eigenvalue weighted by Gasteiger charge is 2.17. The SMILES string of the molecule is CC(C)C(C#N)NC(=O)Cc1noc2ccccc12. The Kier molecular flexibility index (Phi) is 3.81.